The maximum Gasteiger partial charge on any atom is 0.341 e. The van der Waals surface area contributed by atoms with Crippen molar-refractivity contribution in [2.45, 2.75) is 108 Å². The first-order chi connectivity index (χ1) is 18.2. The molecule has 1 heterocycles. The minimum absolute atomic E-state index is 0.110. The van der Waals surface area contributed by atoms with Crippen molar-refractivity contribution in [2.24, 2.45) is 0 Å². The zero-order chi connectivity index (χ0) is 29.5. The molecular formula is C25H36O14. The number of esters is 6. The molecule has 2 rings (SSSR count). The van der Waals surface area contributed by atoms with Gasteiger partial charge in [0.25, 0.3) is 0 Å². The zero-order valence-electron chi connectivity index (χ0n) is 22.9. The molecule has 0 aromatic carbocycles. The summed E-state index contributed by atoms with van der Waals surface area (Å²) in [6, 6.07) is 0. The van der Waals surface area contributed by atoms with Crippen LogP contribution in [0.15, 0.2) is 0 Å². The molecule has 220 valence electrons. The van der Waals surface area contributed by atoms with E-state index in [9.17, 15) is 33.9 Å². The number of methoxy groups -OCH3 is 1. The number of carbonyl (C=O) groups is 6. The van der Waals surface area contributed by atoms with Crippen LogP contribution in [0.4, 0.5) is 0 Å². The number of aliphatic hydroxyl groups is 1. The number of hydrogen-bond acceptors (Lipinski definition) is 14. The van der Waals surface area contributed by atoms with Crippen molar-refractivity contribution in [3.8, 4) is 0 Å². The van der Waals surface area contributed by atoms with Crippen molar-refractivity contribution in [3.63, 3.8) is 0 Å². The van der Waals surface area contributed by atoms with Crippen molar-refractivity contribution < 1.29 is 67.0 Å². The Morgan fingerprint density at radius 1 is 0.846 bits per heavy atom. The summed E-state index contributed by atoms with van der Waals surface area (Å²) in [5, 5.41) is 11.7. The number of rotatable bonds is 10. The van der Waals surface area contributed by atoms with E-state index >= 15 is 0 Å². The first kappa shape index (κ1) is 32.0. The van der Waals surface area contributed by atoms with Crippen LogP contribution in [0.2, 0.25) is 0 Å². The van der Waals surface area contributed by atoms with Crippen LogP contribution in [-0.2, 0) is 61.9 Å². The van der Waals surface area contributed by atoms with E-state index in [0.717, 1.165) is 41.7 Å². The van der Waals surface area contributed by atoms with Gasteiger partial charge in [0.1, 0.15) is 24.4 Å². The second-order valence-corrected chi connectivity index (χ2v) is 9.59. The van der Waals surface area contributed by atoms with Gasteiger partial charge < -0.3 is 38.3 Å². The minimum atomic E-state index is -2.18. The van der Waals surface area contributed by atoms with Crippen molar-refractivity contribution in [2.75, 3.05) is 13.7 Å². The topological polar surface area (TPSA) is 187 Å². The Hall–Kier alpha value is -3.26. The summed E-state index contributed by atoms with van der Waals surface area (Å²) >= 11 is 0. The van der Waals surface area contributed by atoms with Gasteiger partial charge in [0.15, 0.2) is 23.9 Å². The Labute approximate surface area is 225 Å². The Balaban J connectivity index is 2.79. The summed E-state index contributed by atoms with van der Waals surface area (Å²) in [6.45, 7) is 4.73. The summed E-state index contributed by atoms with van der Waals surface area (Å²) in [6.07, 6.45) is -7.00. The van der Waals surface area contributed by atoms with Gasteiger partial charge in [-0.25, -0.2) is 4.79 Å². The van der Waals surface area contributed by atoms with Crippen LogP contribution in [0.5, 0.6) is 0 Å². The van der Waals surface area contributed by atoms with Crippen LogP contribution in [-0.4, -0.2) is 96.4 Å². The monoisotopic (exact) mass is 560 g/mol. The number of ether oxygens (including phenoxy) is 7. The smallest absolute Gasteiger partial charge is 0.341 e. The number of carbonyl (C=O) groups excluding carboxylic acids is 6. The van der Waals surface area contributed by atoms with Gasteiger partial charge in [0.05, 0.1) is 7.11 Å². The van der Waals surface area contributed by atoms with E-state index in [0.29, 0.717) is 12.8 Å². The van der Waals surface area contributed by atoms with Crippen LogP contribution in [0, 0.1) is 0 Å². The van der Waals surface area contributed by atoms with Crippen LogP contribution in [0.1, 0.15) is 66.7 Å². The Morgan fingerprint density at radius 3 is 1.87 bits per heavy atom. The second kappa shape index (κ2) is 13.2. The van der Waals surface area contributed by atoms with E-state index in [1.165, 1.54) is 0 Å². The van der Waals surface area contributed by atoms with Gasteiger partial charge in [0, 0.05) is 41.0 Å². The average molecular weight is 561 g/mol. The van der Waals surface area contributed by atoms with Crippen LogP contribution < -0.4 is 0 Å². The molecule has 0 aromatic heterocycles. The zero-order valence-corrected chi connectivity index (χ0v) is 22.9. The first-order valence-electron chi connectivity index (χ1n) is 12.5. The van der Waals surface area contributed by atoms with Crippen molar-refractivity contribution in [1.82, 2.24) is 0 Å². The fourth-order valence-corrected chi connectivity index (χ4v) is 5.17. The molecule has 1 saturated carbocycles. The van der Waals surface area contributed by atoms with E-state index in [1.54, 1.807) is 0 Å². The van der Waals surface area contributed by atoms with Gasteiger partial charge in [-0.1, -0.05) is 12.8 Å². The van der Waals surface area contributed by atoms with Gasteiger partial charge in [-0.2, -0.15) is 0 Å². The van der Waals surface area contributed by atoms with Gasteiger partial charge >= 0.3 is 35.8 Å². The van der Waals surface area contributed by atoms with Gasteiger partial charge in [0.2, 0.25) is 0 Å². The third kappa shape index (κ3) is 7.66. The third-order valence-electron chi connectivity index (χ3n) is 6.59. The van der Waals surface area contributed by atoms with E-state index in [-0.39, 0.29) is 12.8 Å². The molecule has 0 spiro atoms. The van der Waals surface area contributed by atoms with Crippen molar-refractivity contribution in [3.05, 3.63) is 0 Å². The van der Waals surface area contributed by atoms with Gasteiger partial charge in [-0.3, -0.25) is 24.0 Å². The maximum atomic E-state index is 13.4. The highest BCUT2D eigenvalue weighted by Crippen LogP contribution is 2.49. The van der Waals surface area contributed by atoms with E-state index in [4.69, 9.17) is 33.2 Å². The van der Waals surface area contributed by atoms with Crippen molar-refractivity contribution in [1.29, 1.82) is 0 Å². The highest BCUT2D eigenvalue weighted by Gasteiger charge is 2.67. The highest BCUT2D eigenvalue weighted by molar-refractivity contribution is 5.82. The lowest BCUT2D eigenvalue weighted by atomic mass is 9.73. The molecule has 14 nitrogen and oxygen atoms in total. The lowest BCUT2D eigenvalue weighted by molar-refractivity contribution is -0.299. The quantitative estimate of drug-likeness (QED) is 0.283. The van der Waals surface area contributed by atoms with Crippen LogP contribution in [0.25, 0.3) is 0 Å². The molecule has 0 unspecified atom stereocenters. The first-order valence-corrected chi connectivity index (χ1v) is 12.5. The lowest BCUT2D eigenvalue weighted by Crippen LogP contribution is -2.71. The molecule has 0 bridgehead atoms. The lowest BCUT2D eigenvalue weighted by Gasteiger charge is -2.52. The fourth-order valence-electron chi connectivity index (χ4n) is 5.17. The molecule has 6 atom stereocenters. The standard InChI is InChI=1S/C25H36O14/c1-13(26)34-12-19(36-15(3)28)21(38-17(5)30)22-20(37-16(4)29)18(35-14(2)27)11-25(39-22,23(31)33-6)24(32)9-7-8-10-24/h18-22,32H,7-12H2,1-6H3/t18-,19+,20+,21+,22+,25+/m0/s1. The summed E-state index contributed by atoms with van der Waals surface area (Å²) in [5.74, 6) is -5.17. The van der Waals surface area contributed by atoms with E-state index in [1.807, 2.05) is 0 Å². The predicted molar refractivity (Wildman–Crippen MR) is 127 cm³/mol. The largest absolute Gasteiger partial charge is 0.467 e. The predicted octanol–water partition coefficient (Wildman–Crippen LogP) is 0.282. The second-order valence-electron chi connectivity index (χ2n) is 9.59. The highest BCUT2D eigenvalue weighted by atomic mass is 16.7. The van der Waals surface area contributed by atoms with E-state index < -0.39 is 90.6 Å². The molecule has 1 saturated heterocycles. The Kier molecular flexibility index (Phi) is 10.8. The molecule has 1 N–H and O–H groups in total. The Bertz CT molecular complexity index is 954. The molecule has 1 aliphatic carbocycles. The molecule has 14 heteroatoms. The third-order valence-corrected chi connectivity index (χ3v) is 6.59. The summed E-state index contributed by atoms with van der Waals surface area (Å²) < 4.78 is 37.9. The normalized spacial score (nSPS) is 27.3. The summed E-state index contributed by atoms with van der Waals surface area (Å²) in [4.78, 5) is 73.4. The SMILES string of the molecule is COC(=O)[C@@]1(C2(O)CCCC2)C[C@H](OC(C)=O)[C@@H](OC(C)=O)[C@H]([C@H](OC(C)=O)[C@@H](COC(C)=O)OC(C)=O)O1. The maximum absolute atomic E-state index is 13.4. The minimum Gasteiger partial charge on any atom is -0.467 e. The van der Waals surface area contributed by atoms with Crippen molar-refractivity contribution >= 4 is 35.8 Å². The molecule has 2 aliphatic rings. The molecular weight excluding hydrogens is 524 g/mol. The fraction of sp³-hybridized carbons (Fsp3) is 0.760. The number of hydrogen-bond donors (Lipinski definition) is 1. The molecule has 0 radical (unpaired) electrons. The summed E-state index contributed by atoms with van der Waals surface area (Å²) in [5.41, 5.74) is -3.99. The molecule has 0 aromatic rings. The molecule has 0 amide bonds. The van der Waals surface area contributed by atoms with Gasteiger partial charge in [-0.15, -0.1) is 0 Å². The molecule has 1 aliphatic heterocycles. The molecule has 39 heavy (non-hydrogen) atoms. The average Bonchev–Trinajstić information content (AvgIpc) is 3.27. The van der Waals surface area contributed by atoms with E-state index in [2.05, 4.69) is 0 Å². The Morgan fingerprint density at radius 2 is 1.41 bits per heavy atom. The van der Waals surface area contributed by atoms with Crippen LogP contribution >= 0.6 is 0 Å². The van der Waals surface area contributed by atoms with Crippen LogP contribution in [0.3, 0.4) is 0 Å². The molecule has 2 fully saturated rings. The van der Waals surface area contributed by atoms with Gasteiger partial charge in [-0.05, 0) is 12.8 Å². The summed E-state index contributed by atoms with van der Waals surface area (Å²) in [7, 11) is 1.08.